The first-order valence-corrected chi connectivity index (χ1v) is 9.89. The van der Waals surface area contributed by atoms with Gasteiger partial charge in [-0.25, -0.2) is 9.69 Å². The minimum Gasteiger partial charge on any atom is -0.450 e. The smallest absolute Gasteiger partial charge is 0.338 e. The number of anilines is 1. The van der Waals surface area contributed by atoms with Gasteiger partial charge in [0.2, 0.25) is 5.78 Å². The molecule has 1 heterocycles. The summed E-state index contributed by atoms with van der Waals surface area (Å²) in [6.07, 6.45) is -0.634. The number of fused-ring (bicyclic) bond motifs is 1. The van der Waals surface area contributed by atoms with E-state index in [1.54, 1.807) is 67.6 Å². The van der Waals surface area contributed by atoms with Crippen molar-refractivity contribution >= 4 is 29.3 Å². The first kappa shape index (κ1) is 20.2. The van der Waals surface area contributed by atoms with Gasteiger partial charge in [0.05, 0.1) is 22.4 Å². The van der Waals surface area contributed by atoms with Crippen molar-refractivity contribution in [2.45, 2.75) is 19.4 Å². The number of para-hydroxylation sites is 1. The normalized spacial score (nSPS) is 13.6. The number of nitrogens with zero attached hydrogens (tertiary/aromatic N) is 1. The van der Waals surface area contributed by atoms with Gasteiger partial charge in [-0.15, -0.1) is 0 Å². The average molecular weight is 413 g/mol. The lowest BCUT2D eigenvalue weighted by Crippen LogP contribution is -2.29. The lowest BCUT2D eigenvalue weighted by atomic mass is 10.0. The minimum absolute atomic E-state index is 0.106. The lowest BCUT2D eigenvalue weighted by molar-refractivity contribution is 0.0277. The van der Waals surface area contributed by atoms with Crippen molar-refractivity contribution in [3.63, 3.8) is 0 Å². The maximum absolute atomic E-state index is 12.9. The van der Waals surface area contributed by atoms with Crippen molar-refractivity contribution in [3.05, 3.63) is 101 Å². The van der Waals surface area contributed by atoms with Crippen molar-refractivity contribution < 1.29 is 23.9 Å². The van der Waals surface area contributed by atoms with Crippen molar-refractivity contribution in [2.24, 2.45) is 0 Å². The second-order valence-electron chi connectivity index (χ2n) is 7.07. The molecule has 31 heavy (non-hydrogen) atoms. The number of rotatable bonds is 6. The van der Waals surface area contributed by atoms with Gasteiger partial charge in [0.25, 0.3) is 11.8 Å². The highest BCUT2D eigenvalue weighted by atomic mass is 16.5. The van der Waals surface area contributed by atoms with E-state index in [1.807, 2.05) is 0 Å². The number of hydrogen-bond acceptors (Lipinski definition) is 5. The lowest BCUT2D eigenvalue weighted by Gasteiger charge is -2.15. The molecule has 1 aliphatic rings. The van der Waals surface area contributed by atoms with Gasteiger partial charge in [-0.05, 0) is 36.8 Å². The molecular weight excluding hydrogens is 394 g/mol. The number of ketones is 1. The summed E-state index contributed by atoms with van der Waals surface area (Å²) >= 11 is 0. The zero-order valence-corrected chi connectivity index (χ0v) is 16.8. The highest BCUT2D eigenvalue weighted by molar-refractivity contribution is 6.34. The molecule has 6 heteroatoms. The van der Waals surface area contributed by atoms with Gasteiger partial charge in [-0.2, -0.15) is 0 Å². The summed E-state index contributed by atoms with van der Waals surface area (Å²) < 4.78 is 5.44. The molecule has 0 saturated heterocycles. The van der Waals surface area contributed by atoms with Crippen LogP contribution in [-0.4, -0.2) is 29.7 Å². The molecule has 1 aliphatic heterocycles. The summed E-state index contributed by atoms with van der Waals surface area (Å²) in [4.78, 5) is 52.0. The van der Waals surface area contributed by atoms with E-state index in [2.05, 4.69) is 0 Å². The van der Waals surface area contributed by atoms with Crippen LogP contribution in [0.5, 0.6) is 0 Å². The number of Topliss-reactive ketones (excluding diaryl/α,β-unsaturated/α-hetero) is 1. The van der Waals surface area contributed by atoms with Gasteiger partial charge in [-0.1, -0.05) is 55.5 Å². The molecule has 2 amide bonds. The Morgan fingerprint density at radius 3 is 2.06 bits per heavy atom. The molecule has 4 rings (SSSR count). The molecule has 0 aliphatic carbocycles. The SMILES string of the molecule is CC[C@H](OC(=O)c1ccc2c(c1)C(=O)N(c1ccccc1)C2=O)C(=O)c1ccccc1. The van der Waals surface area contributed by atoms with E-state index in [-0.39, 0.29) is 22.5 Å². The molecule has 1 atom stereocenters. The number of ether oxygens (including phenoxy) is 1. The molecule has 3 aromatic rings. The summed E-state index contributed by atoms with van der Waals surface area (Å²) in [5.41, 5.74) is 1.37. The van der Waals surface area contributed by atoms with E-state index in [1.165, 1.54) is 18.2 Å². The zero-order chi connectivity index (χ0) is 22.0. The second kappa shape index (κ2) is 8.36. The minimum atomic E-state index is -0.943. The van der Waals surface area contributed by atoms with Crippen LogP contribution >= 0.6 is 0 Å². The monoisotopic (exact) mass is 413 g/mol. The molecule has 0 unspecified atom stereocenters. The molecule has 0 radical (unpaired) electrons. The Kier molecular flexibility index (Phi) is 5.45. The van der Waals surface area contributed by atoms with Crippen LogP contribution in [0.3, 0.4) is 0 Å². The van der Waals surface area contributed by atoms with E-state index < -0.39 is 23.9 Å². The van der Waals surface area contributed by atoms with Gasteiger partial charge in [0, 0.05) is 5.56 Å². The third kappa shape index (κ3) is 3.75. The molecular formula is C25H19NO5. The van der Waals surface area contributed by atoms with Gasteiger partial charge in [0.1, 0.15) is 0 Å². The number of amides is 2. The number of carbonyl (C=O) groups excluding carboxylic acids is 4. The first-order valence-electron chi connectivity index (χ1n) is 9.89. The van der Waals surface area contributed by atoms with Crippen LogP contribution in [0, 0.1) is 0 Å². The quantitative estimate of drug-likeness (QED) is 0.342. The van der Waals surface area contributed by atoms with E-state index in [0.29, 0.717) is 17.7 Å². The van der Waals surface area contributed by atoms with Crippen LogP contribution in [-0.2, 0) is 4.74 Å². The van der Waals surface area contributed by atoms with Crippen LogP contribution in [0.4, 0.5) is 5.69 Å². The molecule has 0 N–H and O–H groups in total. The van der Waals surface area contributed by atoms with Crippen LogP contribution in [0.1, 0.15) is 54.8 Å². The zero-order valence-electron chi connectivity index (χ0n) is 16.8. The number of esters is 1. The average Bonchev–Trinajstić information content (AvgIpc) is 3.07. The Hall–Kier alpha value is -4.06. The maximum Gasteiger partial charge on any atom is 0.338 e. The Bertz CT molecular complexity index is 1170. The maximum atomic E-state index is 12.9. The van der Waals surface area contributed by atoms with Gasteiger partial charge in [-0.3, -0.25) is 14.4 Å². The first-order chi connectivity index (χ1) is 15.0. The van der Waals surface area contributed by atoms with E-state index in [0.717, 1.165) is 4.90 Å². The van der Waals surface area contributed by atoms with Gasteiger partial charge < -0.3 is 4.74 Å². The fraction of sp³-hybridized carbons (Fsp3) is 0.120. The molecule has 3 aromatic carbocycles. The standard InChI is InChI=1S/C25H19NO5/c1-2-21(22(27)16-9-5-3-6-10-16)31-25(30)17-13-14-19-20(15-17)24(29)26(23(19)28)18-11-7-4-8-12-18/h3-15,21H,2H2,1H3/t21-/m0/s1. The Labute approximate surface area is 179 Å². The predicted octanol–water partition coefficient (Wildman–Crippen LogP) is 4.31. The number of imide groups is 1. The molecule has 0 spiro atoms. The van der Waals surface area contributed by atoms with Crippen LogP contribution < -0.4 is 4.90 Å². The van der Waals surface area contributed by atoms with Gasteiger partial charge >= 0.3 is 5.97 Å². The molecule has 0 aromatic heterocycles. The molecule has 154 valence electrons. The molecule has 0 fully saturated rings. The third-order valence-electron chi connectivity index (χ3n) is 5.11. The summed E-state index contributed by atoms with van der Waals surface area (Å²) in [6, 6.07) is 21.4. The Balaban J connectivity index is 1.57. The highest BCUT2D eigenvalue weighted by Crippen LogP contribution is 2.29. The topological polar surface area (TPSA) is 80.8 Å². The van der Waals surface area contributed by atoms with Gasteiger partial charge in [0.15, 0.2) is 6.10 Å². The summed E-state index contributed by atoms with van der Waals surface area (Å²) in [5.74, 6) is -1.97. The summed E-state index contributed by atoms with van der Waals surface area (Å²) in [6.45, 7) is 1.75. The van der Waals surface area contributed by atoms with Crippen LogP contribution in [0.2, 0.25) is 0 Å². The summed E-state index contributed by atoms with van der Waals surface area (Å²) in [5, 5.41) is 0. The summed E-state index contributed by atoms with van der Waals surface area (Å²) in [7, 11) is 0. The fourth-order valence-electron chi connectivity index (χ4n) is 3.49. The fourth-order valence-corrected chi connectivity index (χ4v) is 3.49. The van der Waals surface area contributed by atoms with E-state index >= 15 is 0 Å². The largest absolute Gasteiger partial charge is 0.450 e. The Morgan fingerprint density at radius 1 is 0.806 bits per heavy atom. The second-order valence-corrected chi connectivity index (χ2v) is 7.07. The molecule has 6 nitrogen and oxygen atoms in total. The van der Waals surface area contributed by atoms with E-state index in [4.69, 9.17) is 4.74 Å². The molecule has 0 bridgehead atoms. The van der Waals surface area contributed by atoms with Crippen molar-refractivity contribution in [1.29, 1.82) is 0 Å². The molecule has 0 saturated carbocycles. The Morgan fingerprint density at radius 2 is 1.42 bits per heavy atom. The van der Waals surface area contributed by atoms with Crippen molar-refractivity contribution in [2.75, 3.05) is 4.90 Å². The van der Waals surface area contributed by atoms with Crippen molar-refractivity contribution in [1.82, 2.24) is 0 Å². The number of carbonyl (C=O) groups is 4. The highest BCUT2D eigenvalue weighted by Gasteiger charge is 2.37. The third-order valence-corrected chi connectivity index (χ3v) is 5.11. The predicted molar refractivity (Wildman–Crippen MR) is 114 cm³/mol. The van der Waals surface area contributed by atoms with Crippen molar-refractivity contribution in [3.8, 4) is 0 Å². The van der Waals surface area contributed by atoms with E-state index in [9.17, 15) is 19.2 Å². The van der Waals surface area contributed by atoms with Crippen LogP contribution in [0.15, 0.2) is 78.9 Å². The number of benzene rings is 3. The number of hydrogen-bond donors (Lipinski definition) is 0. The van der Waals surface area contributed by atoms with Crippen LogP contribution in [0.25, 0.3) is 0 Å².